The summed E-state index contributed by atoms with van der Waals surface area (Å²) >= 11 is 0. The maximum absolute atomic E-state index is 13.5. The zero-order valence-corrected chi connectivity index (χ0v) is 22.1. The number of carbonyl (C=O) groups is 2. The molecule has 3 aliphatic heterocycles. The van der Waals surface area contributed by atoms with Crippen molar-refractivity contribution in [3.05, 3.63) is 76.5 Å². The average molecular weight is 524 g/mol. The molecule has 7 rings (SSSR count). The zero-order chi connectivity index (χ0) is 26.3. The number of amides is 2. The summed E-state index contributed by atoms with van der Waals surface area (Å²) in [4.78, 5) is 39.8. The minimum atomic E-state index is -0.0832. The first kappa shape index (κ1) is 24.3. The third-order valence-electron chi connectivity index (χ3n) is 8.46. The summed E-state index contributed by atoms with van der Waals surface area (Å²) in [7, 11) is 0. The van der Waals surface area contributed by atoms with Gasteiger partial charge < -0.3 is 19.9 Å². The Morgan fingerprint density at radius 3 is 2.64 bits per heavy atom. The number of nitrogens with one attached hydrogen (secondary N) is 1. The minimum absolute atomic E-state index is 0.00142. The molecule has 1 saturated carbocycles. The Morgan fingerprint density at radius 2 is 1.82 bits per heavy atom. The lowest BCUT2D eigenvalue weighted by Crippen LogP contribution is -2.42. The van der Waals surface area contributed by atoms with Gasteiger partial charge in [0.05, 0.1) is 5.69 Å². The van der Waals surface area contributed by atoms with Crippen molar-refractivity contribution in [2.75, 3.05) is 31.6 Å². The van der Waals surface area contributed by atoms with E-state index in [1.54, 1.807) is 4.90 Å². The van der Waals surface area contributed by atoms with Gasteiger partial charge in [0.25, 0.3) is 5.91 Å². The molecule has 1 saturated heterocycles. The van der Waals surface area contributed by atoms with E-state index >= 15 is 0 Å². The molecule has 4 aliphatic rings. The third kappa shape index (κ3) is 4.89. The second-order valence-corrected chi connectivity index (χ2v) is 11.2. The molecule has 8 nitrogen and oxygen atoms in total. The number of carbonyl (C=O) groups excluding carboxylic acids is 2. The second-order valence-electron chi connectivity index (χ2n) is 11.2. The number of ether oxygens (including phenoxy) is 1. The molecule has 0 spiro atoms. The maximum Gasteiger partial charge on any atom is 0.254 e. The molecule has 1 aromatic heterocycles. The fraction of sp³-hybridized carbons (Fsp3) is 0.419. The standard InChI is InChI=1S/C31H33N5O3/c37-28(35-12-9-20-3-1-2-4-23(20)17-35)19-36-18-24-8-7-22(15-26(24)30(36)38)29-27(21-5-6-21)16-32-31(34-29)33-25-10-13-39-14-11-25/h1-4,7-8,15-16,21,25H,5-6,9-14,17-19H2,(H,32,33,34). The van der Waals surface area contributed by atoms with E-state index in [1.807, 2.05) is 35.4 Å². The smallest absolute Gasteiger partial charge is 0.254 e. The molecule has 0 radical (unpaired) electrons. The summed E-state index contributed by atoms with van der Waals surface area (Å²) in [5, 5.41) is 3.49. The van der Waals surface area contributed by atoms with E-state index in [2.05, 4.69) is 28.5 Å². The summed E-state index contributed by atoms with van der Waals surface area (Å²) in [5.41, 5.74) is 7.11. The van der Waals surface area contributed by atoms with Gasteiger partial charge in [-0.05, 0) is 60.8 Å². The molecular weight excluding hydrogens is 490 g/mol. The normalized spacial score (nSPS) is 19.1. The van der Waals surface area contributed by atoms with Crippen LogP contribution in [0.5, 0.6) is 0 Å². The zero-order valence-electron chi connectivity index (χ0n) is 22.1. The Bertz CT molecular complexity index is 1430. The summed E-state index contributed by atoms with van der Waals surface area (Å²) < 4.78 is 5.48. The Balaban J connectivity index is 1.09. The maximum atomic E-state index is 13.5. The highest BCUT2D eigenvalue weighted by atomic mass is 16.5. The number of hydrogen-bond donors (Lipinski definition) is 1. The van der Waals surface area contributed by atoms with Crippen molar-refractivity contribution in [3.8, 4) is 11.3 Å². The minimum Gasteiger partial charge on any atom is -0.381 e. The van der Waals surface area contributed by atoms with Crippen LogP contribution in [-0.4, -0.2) is 63.9 Å². The van der Waals surface area contributed by atoms with Crippen molar-refractivity contribution in [1.82, 2.24) is 19.8 Å². The quantitative estimate of drug-likeness (QED) is 0.522. The monoisotopic (exact) mass is 523 g/mol. The second kappa shape index (κ2) is 10.1. The van der Waals surface area contributed by atoms with Gasteiger partial charge >= 0.3 is 0 Å². The van der Waals surface area contributed by atoms with E-state index in [0.717, 1.165) is 67.7 Å². The van der Waals surface area contributed by atoms with Gasteiger partial charge in [0.1, 0.15) is 6.54 Å². The van der Waals surface area contributed by atoms with Crippen LogP contribution in [-0.2, 0) is 29.0 Å². The number of nitrogens with zero attached hydrogens (tertiary/aromatic N) is 4. The van der Waals surface area contributed by atoms with Crippen molar-refractivity contribution in [2.45, 2.75) is 57.2 Å². The Kier molecular flexibility index (Phi) is 6.27. The highest BCUT2D eigenvalue weighted by molar-refractivity contribution is 6.01. The fourth-order valence-electron chi connectivity index (χ4n) is 6.02. The predicted octanol–water partition coefficient (Wildman–Crippen LogP) is 4.15. The lowest BCUT2D eigenvalue weighted by atomic mass is 9.99. The molecule has 1 aliphatic carbocycles. The molecule has 0 unspecified atom stereocenters. The van der Waals surface area contributed by atoms with E-state index < -0.39 is 0 Å². The van der Waals surface area contributed by atoms with E-state index in [0.29, 0.717) is 43.1 Å². The number of hydrogen-bond acceptors (Lipinski definition) is 6. The van der Waals surface area contributed by atoms with Crippen LogP contribution in [0.25, 0.3) is 11.3 Å². The van der Waals surface area contributed by atoms with Crippen LogP contribution < -0.4 is 5.32 Å². The Labute approximate surface area is 228 Å². The van der Waals surface area contributed by atoms with Crippen LogP contribution in [0.2, 0.25) is 0 Å². The molecule has 39 heavy (non-hydrogen) atoms. The first-order valence-electron chi connectivity index (χ1n) is 14.1. The number of fused-ring (bicyclic) bond motifs is 2. The topological polar surface area (TPSA) is 87.7 Å². The molecule has 1 N–H and O–H groups in total. The van der Waals surface area contributed by atoms with Crippen LogP contribution >= 0.6 is 0 Å². The number of benzene rings is 2. The molecule has 4 heterocycles. The van der Waals surface area contributed by atoms with E-state index in [4.69, 9.17) is 9.72 Å². The lowest BCUT2D eigenvalue weighted by Gasteiger charge is -2.30. The molecule has 2 aromatic carbocycles. The van der Waals surface area contributed by atoms with Crippen molar-refractivity contribution in [3.63, 3.8) is 0 Å². The third-order valence-corrected chi connectivity index (χ3v) is 8.46. The van der Waals surface area contributed by atoms with Crippen LogP contribution in [0.15, 0.2) is 48.7 Å². The number of rotatable bonds is 6. The van der Waals surface area contributed by atoms with E-state index in [-0.39, 0.29) is 18.4 Å². The van der Waals surface area contributed by atoms with Gasteiger partial charge in [0.15, 0.2) is 0 Å². The largest absolute Gasteiger partial charge is 0.381 e. The summed E-state index contributed by atoms with van der Waals surface area (Å²) in [6.45, 7) is 3.36. The fourth-order valence-corrected chi connectivity index (χ4v) is 6.02. The van der Waals surface area contributed by atoms with E-state index in [1.165, 1.54) is 11.1 Å². The van der Waals surface area contributed by atoms with Gasteiger partial charge in [-0.2, -0.15) is 0 Å². The van der Waals surface area contributed by atoms with Gasteiger partial charge in [0.2, 0.25) is 11.9 Å². The number of aromatic nitrogens is 2. The molecule has 0 bridgehead atoms. The van der Waals surface area contributed by atoms with Gasteiger partial charge in [-0.3, -0.25) is 9.59 Å². The van der Waals surface area contributed by atoms with Crippen LogP contribution in [0.3, 0.4) is 0 Å². The van der Waals surface area contributed by atoms with Crippen LogP contribution in [0, 0.1) is 0 Å². The predicted molar refractivity (Wildman–Crippen MR) is 147 cm³/mol. The molecule has 200 valence electrons. The Morgan fingerprint density at radius 1 is 1.00 bits per heavy atom. The van der Waals surface area contributed by atoms with E-state index in [9.17, 15) is 9.59 Å². The highest BCUT2D eigenvalue weighted by Gasteiger charge is 2.33. The van der Waals surface area contributed by atoms with Crippen LogP contribution in [0.1, 0.15) is 64.2 Å². The van der Waals surface area contributed by atoms with Gasteiger partial charge in [-0.1, -0.05) is 36.4 Å². The molecule has 2 amide bonds. The first-order valence-corrected chi connectivity index (χ1v) is 14.1. The van der Waals surface area contributed by atoms with Crippen molar-refractivity contribution >= 4 is 17.8 Å². The molecule has 8 heteroatoms. The van der Waals surface area contributed by atoms with Crippen molar-refractivity contribution in [2.24, 2.45) is 0 Å². The van der Waals surface area contributed by atoms with Crippen LogP contribution in [0.4, 0.5) is 5.95 Å². The summed E-state index contributed by atoms with van der Waals surface area (Å²) in [5.74, 6) is 1.02. The SMILES string of the molecule is O=C(CN1Cc2ccc(-c3nc(NC4CCOCC4)ncc3C3CC3)cc2C1=O)N1CCc2ccccc2C1. The average Bonchev–Trinajstić information content (AvgIpc) is 3.78. The summed E-state index contributed by atoms with van der Waals surface area (Å²) in [6, 6.07) is 14.6. The molecular formula is C31H33N5O3. The lowest BCUT2D eigenvalue weighted by molar-refractivity contribution is -0.132. The Hall–Kier alpha value is -3.78. The molecule has 3 aromatic rings. The van der Waals surface area contributed by atoms with Gasteiger partial charge in [-0.25, -0.2) is 9.97 Å². The molecule has 0 atom stereocenters. The first-order chi connectivity index (χ1) is 19.1. The number of anilines is 1. The van der Waals surface area contributed by atoms with Crippen molar-refractivity contribution < 1.29 is 14.3 Å². The molecule has 2 fully saturated rings. The van der Waals surface area contributed by atoms with Gasteiger partial charge in [0, 0.05) is 61.8 Å². The highest BCUT2D eigenvalue weighted by Crippen LogP contribution is 2.44. The van der Waals surface area contributed by atoms with Gasteiger partial charge in [-0.15, -0.1) is 0 Å². The van der Waals surface area contributed by atoms with Crippen molar-refractivity contribution in [1.29, 1.82) is 0 Å². The summed E-state index contributed by atoms with van der Waals surface area (Å²) in [6.07, 6.45) is 6.98.